The maximum absolute atomic E-state index is 12.1. The van der Waals surface area contributed by atoms with Gasteiger partial charge in [0.05, 0.1) is 15.7 Å². The number of halogens is 3. The Morgan fingerprint density at radius 3 is 2.32 bits per heavy atom. The summed E-state index contributed by atoms with van der Waals surface area (Å²) in [6.45, 7) is 0. The Morgan fingerprint density at radius 1 is 1.05 bits per heavy atom. The van der Waals surface area contributed by atoms with Crippen LogP contribution in [0.15, 0.2) is 42.5 Å². The number of rotatable bonds is 3. The van der Waals surface area contributed by atoms with E-state index in [9.17, 15) is 4.79 Å². The average molecular weight is 315 g/mol. The average Bonchev–Trinajstić information content (AvgIpc) is 2.43. The van der Waals surface area contributed by atoms with Crippen LogP contribution in [0.2, 0.25) is 10.0 Å². The van der Waals surface area contributed by atoms with Crippen LogP contribution in [-0.4, -0.2) is 5.91 Å². The fourth-order valence-electron chi connectivity index (χ4n) is 1.60. The van der Waals surface area contributed by atoms with Crippen LogP contribution in [0.3, 0.4) is 0 Å². The normalized spacial score (nSPS) is 10.3. The quantitative estimate of drug-likeness (QED) is 0.795. The highest BCUT2D eigenvalue weighted by molar-refractivity contribution is 6.40. The lowest BCUT2D eigenvalue weighted by Crippen LogP contribution is -2.12. The lowest BCUT2D eigenvalue weighted by Gasteiger charge is -2.09. The molecule has 1 amide bonds. The van der Waals surface area contributed by atoms with Crippen LogP contribution < -0.4 is 5.32 Å². The van der Waals surface area contributed by atoms with Gasteiger partial charge in [0.1, 0.15) is 0 Å². The molecule has 5 heteroatoms. The van der Waals surface area contributed by atoms with Gasteiger partial charge in [0, 0.05) is 11.4 Å². The third-order valence-electron chi connectivity index (χ3n) is 2.54. The smallest absolute Gasteiger partial charge is 0.255 e. The molecule has 2 nitrogen and oxygen atoms in total. The lowest BCUT2D eigenvalue weighted by molar-refractivity contribution is 0.102. The standard InChI is InChI=1S/C14H10Cl3NO/c15-8-9-3-1-4-10(7-9)14(19)18-13-11(16)5-2-6-12(13)17/h1-7H,8H2,(H,18,19). The maximum atomic E-state index is 12.1. The highest BCUT2D eigenvalue weighted by Crippen LogP contribution is 2.30. The highest BCUT2D eigenvalue weighted by Gasteiger charge is 2.11. The van der Waals surface area contributed by atoms with Gasteiger partial charge in [0.2, 0.25) is 0 Å². The predicted molar refractivity (Wildman–Crippen MR) is 80.4 cm³/mol. The van der Waals surface area contributed by atoms with Crippen molar-refractivity contribution in [3.05, 3.63) is 63.6 Å². The SMILES string of the molecule is O=C(Nc1c(Cl)cccc1Cl)c1cccc(CCl)c1. The molecule has 0 unspecified atom stereocenters. The van der Waals surface area contributed by atoms with Crippen molar-refractivity contribution in [1.29, 1.82) is 0 Å². The number of amides is 1. The number of anilines is 1. The summed E-state index contributed by atoms with van der Waals surface area (Å²) in [7, 11) is 0. The van der Waals surface area contributed by atoms with Crippen molar-refractivity contribution >= 4 is 46.4 Å². The topological polar surface area (TPSA) is 29.1 Å². The highest BCUT2D eigenvalue weighted by atomic mass is 35.5. The number of benzene rings is 2. The molecule has 0 atom stereocenters. The van der Waals surface area contributed by atoms with E-state index in [2.05, 4.69) is 5.32 Å². The number of alkyl halides is 1. The summed E-state index contributed by atoms with van der Waals surface area (Å²) in [5, 5.41) is 3.50. The Kier molecular flexibility index (Phi) is 4.70. The van der Waals surface area contributed by atoms with E-state index in [0.717, 1.165) is 5.56 Å². The Hall–Kier alpha value is -1.22. The van der Waals surface area contributed by atoms with E-state index in [4.69, 9.17) is 34.8 Å². The molecule has 0 heterocycles. The molecular weight excluding hydrogens is 305 g/mol. The minimum Gasteiger partial charge on any atom is -0.319 e. The van der Waals surface area contributed by atoms with Crippen LogP contribution >= 0.6 is 34.8 Å². The van der Waals surface area contributed by atoms with Crippen LogP contribution in [0.1, 0.15) is 15.9 Å². The molecule has 0 spiro atoms. The van der Waals surface area contributed by atoms with E-state index in [1.807, 2.05) is 6.07 Å². The van der Waals surface area contributed by atoms with Gasteiger partial charge in [-0.15, -0.1) is 11.6 Å². The van der Waals surface area contributed by atoms with Gasteiger partial charge in [-0.1, -0.05) is 41.4 Å². The molecule has 2 aromatic carbocycles. The number of para-hydroxylation sites is 1. The molecule has 2 rings (SSSR count). The first-order valence-corrected chi connectivity index (χ1v) is 6.81. The van der Waals surface area contributed by atoms with Gasteiger partial charge in [-0.05, 0) is 29.8 Å². The molecule has 0 radical (unpaired) electrons. The second-order valence-corrected chi connectivity index (χ2v) is 4.97. The summed E-state index contributed by atoms with van der Waals surface area (Å²) < 4.78 is 0. The molecule has 0 saturated carbocycles. The van der Waals surface area contributed by atoms with Crippen LogP contribution in [0.25, 0.3) is 0 Å². The molecule has 19 heavy (non-hydrogen) atoms. The number of nitrogens with one attached hydrogen (secondary N) is 1. The fourth-order valence-corrected chi connectivity index (χ4v) is 2.26. The largest absolute Gasteiger partial charge is 0.319 e. The monoisotopic (exact) mass is 313 g/mol. The first-order valence-electron chi connectivity index (χ1n) is 5.52. The van der Waals surface area contributed by atoms with E-state index in [0.29, 0.717) is 27.2 Å². The van der Waals surface area contributed by atoms with E-state index in [-0.39, 0.29) is 5.91 Å². The van der Waals surface area contributed by atoms with Gasteiger partial charge in [-0.2, -0.15) is 0 Å². The molecule has 0 aliphatic heterocycles. The van der Waals surface area contributed by atoms with Crippen LogP contribution in [0.5, 0.6) is 0 Å². The number of carbonyl (C=O) groups is 1. The molecule has 0 aliphatic carbocycles. The molecular formula is C14H10Cl3NO. The van der Waals surface area contributed by atoms with Crippen molar-refractivity contribution in [2.24, 2.45) is 0 Å². The van der Waals surface area contributed by atoms with Gasteiger partial charge >= 0.3 is 0 Å². The van der Waals surface area contributed by atoms with Gasteiger partial charge in [-0.3, -0.25) is 4.79 Å². The molecule has 0 aliphatic rings. The van der Waals surface area contributed by atoms with E-state index in [1.165, 1.54) is 0 Å². The Balaban J connectivity index is 2.25. The molecule has 0 aromatic heterocycles. The van der Waals surface area contributed by atoms with E-state index >= 15 is 0 Å². The molecule has 0 fully saturated rings. The van der Waals surface area contributed by atoms with Crippen molar-refractivity contribution in [1.82, 2.24) is 0 Å². The van der Waals surface area contributed by atoms with Crippen LogP contribution in [0, 0.1) is 0 Å². The fraction of sp³-hybridized carbons (Fsp3) is 0.0714. The van der Waals surface area contributed by atoms with Gasteiger partial charge in [0.15, 0.2) is 0 Å². The summed E-state index contributed by atoms with van der Waals surface area (Å²) in [5.41, 5.74) is 1.79. The number of hydrogen-bond acceptors (Lipinski definition) is 1. The minimum atomic E-state index is -0.276. The summed E-state index contributed by atoms with van der Waals surface area (Å²) in [4.78, 5) is 12.1. The summed E-state index contributed by atoms with van der Waals surface area (Å²) in [5.74, 6) is 0.0792. The maximum Gasteiger partial charge on any atom is 0.255 e. The summed E-state index contributed by atoms with van der Waals surface area (Å²) in [6.07, 6.45) is 0. The molecule has 1 N–H and O–H groups in total. The number of hydrogen-bond donors (Lipinski definition) is 1. The summed E-state index contributed by atoms with van der Waals surface area (Å²) >= 11 is 17.7. The third kappa shape index (κ3) is 3.41. The third-order valence-corrected chi connectivity index (χ3v) is 3.48. The van der Waals surface area contributed by atoms with Crippen LogP contribution in [0.4, 0.5) is 5.69 Å². The van der Waals surface area contributed by atoms with Crippen molar-refractivity contribution < 1.29 is 4.79 Å². The Labute approximate surface area is 126 Å². The van der Waals surface area contributed by atoms with Gasteiger partial charge in [-0.25, -0.2) is 0 Å². The summed E-state index contributed by atoms with van der Waals surface area (Å²) in [6, 6.07) is 12.1. The van der Waals surface area contributed by atoms with Crippen molar-refractivity contribution in [3.63, 3.8) is 0 Å². The van der Waals surface area contributed by atoms with Crippen LogP contribution in [-0.2, 0) is 5.88 Å². The minimum absolute atomic E-state index is 0.276. The van der Waals surface area contributed by atoms with Gasteiger partial charge in [0.25, 0.3) is 5.91 Å². The second-order valence-electron chi connectivity index (χ2n) is 3.88. The second kappa shape index (κ2) is 6.29. The molecule has 0 saturated heterocycles. The van der Waals surface area contributed by atoms with E-state index in [1.54, 1.807) is 36.4 Å². The first kappa shape index (κ1) is 14.2. The van der Waals surface area contributed by atoms with E-state index < -0.39 is 0 Å². The Bertz CT molecular complexity index is 593. The zero-order valence-electron chi connectivity index (χ0n) is 9.79. The Morgan fingerprint density at radius 2 is 1.68 bits per heavy atom. The molecule has 0 bridgehead atoms. The van der Waals surface area contributed by atoms with Crippen molar-refractivity contribution in [2.75, 3.05) is 5.32 Å². The zero-order chi connectivity index (χ0) is 13.8. The predicted octanol–water partition coefficient (Wildman–Crippen LogP) is 4.98. The zero-order valence-corrected chi connectivity index (χ0v) is 12.1. The van der Waals surface area contributed by atoms with Crippen molar-refractivity contribution in [2.45, 2.75) is 5.88 Å². The first-order chi connectivity index (χ1) is 9.11. The lowest BCUT2D eigenvalue weighted by atomic mass is 10.1. The number of carbonyl (C=O) groups excluding carboxylic acids is 1. The van der Waals surface area contributed by atoms with Crippen molar-refractivity contribution in [3.8, 4) is 0 Å². The molecule has 2 aromatic rings. The molecule has 98 valence electrons. The van der Waals surface area contributed by atoms with Gasteiger partial charge < -0.3 is 5.32 Å².